The number of esters is 1. The van der Waals surface area contributed by atoms with Crippen molar-refractivity contribution in [3.05, 3.63) is 80.2 Å². The van der Waals surface area contributed by atoms with Gasteiger partial charge in [0, 0.05) is 11.1 Å². The van der Waals surface area contributed by atoms with E-state index in [9.17, 15) is 19.7 Å². The molecule has 0 spiro atoms. The van der Waals surface area contributed by atoms with Crippen LogP contribution in [0.3, 0.4) is 0 Å². The average molecular weight is 460 g/mol. The Morgan fingerprint density at radius 1 is 1.19 bits per heavy atom. The molecule has 3 aromatic rings. The number of hydrogen-bond acceptors (Lipinski definition) is 8. The van der Waals surface area contributed by atoms with Crippen molar-refractivity contribution < 1.29 is 28.5 Å². The van der Waals surface area contributed by atoms with Crippen molar-refractivity contribution in [2.75, 3.05) is 11.9 Å². The predicted octanol–water partition coefficient (Wildman–Crippen LogP) is 4.23. The summed E-state index contributed by atoms with van der Waals surface area (Å²) < 4.78 is 15.7. The monoisotopic (exact) mass is 459 g/mol. The molecule has 0 fully saturated rings. The summed E-state index contributed by atoms with van der Waals surface area (Å²) in [6, 6.07) is 9.96. The van der Waals surface area contributed by atoms with Gasteiger partial charge in [0.1, 0.15) is 23.8 Å². The third kappa shape index (κ3) is 5.61. The van der Waals surface area contributed by atoms with E-state index in [1.165, 1.54) is 24.3 Å². The van der Waals surface area contributed by atoms with E-state index in [4.69, 9.17) is 25.6 Å². The van der Waals surface area contributed by atoms with Gasteiger partial charge in [-0.05, 0) is 50.2 Å². The van der Waals surface area contributed by atoms with Gasteiger partial charge in [0.2, 0.25) is 0 Å². The van der Waals surface area contributed by atoms with Crippen LogP contribution < -0.4 is 10.1 Å². The van der Waals surface area contributed by atoms with E-state index in [1.54, 1.807) is 19.1 Å². The Morgan fingerprint density at radius 2 is 1.91 bits per heavy atom. The number of carbonyl (C=O) groups is 2. The van der Waals surface area contributed by atoms with E-state index in [0.29, 0.717) is 11.5 Å². The molecule has 166 valence electrons. The van der Waals surface area contributed by atoms with E-state index < -0.39 is 23.4 Å². The van der Waals surface area contributed by atoms with Gasteiger partial charge in [-0.3, -0.25) is 14.9 Å². The smallest absolute Gasteiger partial charge is 0.338 e. The molecule has 0 atom stereocenters. The van der Waals surface area contributed by atoms with Gasteiger partial charge >= 0.3 is 5.97 Å². The molecule has 0 saturated carbocycles. The molecule has 1 aromatic heterocycles. The number of benzene rings is 2. The van der Waals surface area contributed by atoms with Gasteiger partial charge in [-0.25, -0.2) is 4.79 Å². The third-order valence-corrected chi connectivity index (χ3v) is 4.65. The molecule has 0 unspecified atom stereocenters. The van der Waals surface area contributed by atoms with Gasteiger partial charge in [0.15, 0.2) is 6.61 Å². The summed E-state index contributed by atoms with van der Waals surface area (Å²) in [5.74, 6) is -0.273. The van der Waals surface area contributed by atoms with Crippen LogP contribution >= 0.6 is 11.6 Å². The van der Waals surface area contributed by atoms with Gasteiger partial charge < -0.3 is 19.3 Å². The standard InChI is InChI=1S/C21H18ClN3O7/c1-12-17(13(2)32-24-12)10-30-16-6-3-14(4-7-16)21(27)31-11-20(26)23-18-8-5-15(22)9-19(18)25(28)29/h3-9H,10-11H2,1-2H3,(H,23,26). The topological polar surface area (TPSA) is 134 Å². The largest absolute Gasteiger partial charge is 0.489 e. The molecule has 0 aliphatic carbocycles. The number of carbonyl (C=O) groups excluding carboxylic acids is 2. The quantitative estimate of drug-likeness (QED) is 0.300. The maximum atomic E-state index is 12.2. The van der Waals surface area contributed by atoms with Gasteiger partial charge in [0.05, 0.1) is 21.7 Å². The summed E-state index contributed by atoms with van der Waals surface area (Å²) in [7, 11) is 0. The first-order chi connectivity index (χ1) is 15.2. The van der Waals surface area contributed by atoms with E-state index >= 15 is 0 Å². The molecule has 10 nitrogen and oxygen atoms in total. The molecular weight excluding hydrogens is 442 g/mol. The van der Waals surface area contributed by atoms with Gasteiger partial charge in [-0.15, -0.1) is 0 Å². The number of aromatic nitrogens is 1. The summed E-state index contributed by atoms with van der Waals surface area (Å²) in [4.78, 5) is 34.6. The van der Waals surface area contributed by atoms with Gasteiger partial charge in [0.25, 0.3) is 11.6 Å². The summed E-state index contributed by atoms with van der Waals surface area (Å²) in [6.07, 6.45) is 0. The van der Waals surface area contributed by atoms with E-state index in [-0.39, 0.29) is 28.6 Å². The number of amides is 1. The minimum Gasteiger partial charge on any atom is -0.489 e. The number of nitrogens with zero attached hydrogens (tertiary/aromatic N) is 2. The molecule has 0 aliphatic heterocycles. The first-order valence-electron chi connectivity index (χ1n) is 9.30. The molecule has 2 aromatic carbocycles. The van der Waals surface area contributed by atoms with Crippen LogP contribution in [0.4, 0.5) is 11.4 Å². The highest BCUT2D eigenvalue weighted by atomic mass is 35.5. The van der Waals surface area contributed by atoms with Crippen LogP contribution in [-0.2, 0) is 16.1 Å². The normalized spacial score (nSPS) is 10.5. The van der Waals surface area contributed by atoms with E-state index in [0.717, 1.165) is 17.3 Å². The summed E-state index contributed by atoms with van der Waals surface area (Å²) in [6.45, 7) is 3.25. The second-order valence-corrected chi connectivity index (χ2v) is 7.10. The van der Waals surface area contributed by atoms with Crippen molar-refractivity contribution in [3.63, 3.8) is 0 Å². The Balaban J connectivity index is 1.53. The lowest BCUT2D eigenvalue weighted by Gasteiger charge is -2.09. The summed E-state index contributed by atoms with van der Waals surface area (Å²) >= 11 is 5.74. The Hall–Kier alpha value is -3.92. The second kappa shape index (κ2) is 9.92. The Kier molecular flexibility index (Phi) is 7.06. The highest BCUT2D eigenvalue weighted by Crippen LogP contribution is 2.27. The Bertz CT molecular complexity index is 1140. The molecule has 1 heterocycles. The lowest BCUT2D eigenvalue weighted by atomic mass is 10.2. The number of nitro benzene ring substituents is 1. The number of nitro groups is 1. The van der Waals surface area contributed by atoms with Crippen molar-refractivity contribution in [2.24, 2.45) is 0 Å². The van der Waals surface area contributed by atoms with Crippen molar-refractivity contribution >= 4 is 34.9 Å². The molecule has 0 bridgehead atoms. The minimum atomic E-state index is -0.733. The molecule has 11 heteroatoms. The van der Waals surface area contributed by atoms with Crippen molar-refractivity contribution in [1.29, 1.82) is 0 Å². The number of nitrogens with one attached hydrogen (secondary N) is 1. The zero-order valence-electron chi connectivity index (χ0n) is 17.1. The number of aryl methyl sites for hydroxylation is 2. The fourth-order valence-corrected chi connectivity index (χ4v) is 2.88. The fraction of sp³-hybridized carbons (Fsp3) is 0.190. The first-order valence-corrected chi connectivity index (χ1v) is 9.68. The van der Waals surface area contributed by atoms with Crippen LogP contribution in [0.5, 0.6) is 5.75 Å². The fourth-order valence-electron chi connectivity index (χ4n) is 2.71. The van der Waals surface area contributed by atoms with Crippen molar-refractivity contribution in [2.45, 2.75) is 20.5 Å². The van der Waals surface area contributed by atoms with Crippen molar-refractivity contribution in [1.82, 2.24) is 5.16 Å². The number of ether oxygens (including phenoxy) is 2. The minimum absolute atomic E-state index is 0.0553. The Labute approximate surface area is 187 Å². The first kappa shape index (κ1) is 22.8. The van der Waals surface area contributed by atoms with E-state index in [2.05, 4.69) is 10.5 Å². The highest BCUT2D eigenvalue weighted by molar-refractivity contribution is 6.31. The second-order valence-electron chi connectivity index (χ2n) is 6.66. The van der Waals surface area contributed by atoms with Crippen LogP contribution in [0.1, 0.15) is 27.4 Å². The molecule has 0 aliphatic rings. The summed E-state index contributed by atoms with van der Waals surface area (Å²) in [5, 5.41) is 17.4. The maximum Gasteiger partial charge on any atom is 0.338 e. The zero-order valence-corrected chi connectivity index (χ0v) is 17.8. The third-order valence-electron chi connectivity index (χ3n) is 4.42. The van der Waals surface area contributed by atoms with Crippen LogP contribution in [0.2, 0.25) is 5.02 Å². The molecule has 3 rings (SSSR count). The van der Waals surface area contributed by atoms with Gasteiger partial charge in [-0.1, -0.05) is 16.8 Å². The number of halogens is 1. The molecule has 0 saturated heterocycles. The SMILES string of the molecule is Cc1noc(C)c1COc1ccc(C(=O)OCC(=O)Nc2ccc(Cl)cc2[N+](=O)[O-])cc1. The predicted molar refractivity (Wildman–Crippen MR) is 114 cm³/mol. The van der Waals surface area contributed by atoms with Crippen LogP contribution in [0.15, 0.2) is 47.0 Å². The molecule has 1 amide bonds. The molecule has 1 N–H and O–H groups in total. The van der Waals surface area contributed by atoms with Gasteiger partial charge in [-0.2, -0.15) is 0 Å². The molecule has 0 radical (unpaired) electrons. The highest BCUT2D eigenvalue weighted by Gasteiger charge is 2.18. The summed E-state index contributed by atoms with van der Waals surface area (Å²) in [5.41, 5.74) is 1.37. The lowest BCUT2D eigenvalue weighted by Crippen LogP contribution is -2.21. The molecule has 32 heavy (non-hydrogen) atoms. The maximum absolute atomic E-state index is 12.2. The number of hydrogen-bond donors (Lipinski definition) is 1. The molecular formula is C21H18ClN3O7. The number of rotatable bonds is 8. The van der Waals surface area contributed by atoms with Crippen LogP contribution in [0, 0.1) is 24.0 Å². The van der Waals surface area contributed by atoms with Crippen molar-refractivity contribution in [3.8, 4) is 5.75 Å². The zero-order chi connectivity index (χ0) is 23.3. The average Bonchev–Trinajstić information content (AvgIpc) is 3.09. The number of anilines is 1. The van der Waals surface area contributed by atoms with E-state index in [1.807, 2.05) is 6.92 Å². The van der Waals surface area contributed by atoms with Crippen LogP contribution in [-0.4, -0.2) is 28.6 Å². The van der Waals surface area contributed by atoms with Crippen LogP contribution in [0.25, 0.3) is 0 Å². The lowest BCUT2D eigenvalue weighted by molar-refractivity contribution is -0.383. The Morgan fingerprint density at radius 3 is 2.53 bits per heavy atom.